The highest BCUT2D eigenvalue weighted by Gasteiger charge is 2.11. The second kappa shape index (κ2) is 37.6. The van der Waals surface area contributed by atoms with E-state index in [0.717, 1.165) is 57.8 Å². The molecule has 0 radical (unpaired) electrons. The van der Waals surface area contributed by atoms with Gasteiger partial charge in [0.2, 0.25) is 0 Å². The molecule has 0 aromatic rings. The molecule has 0 aromatic heterocycles. The van der Waals surface area contributed by atoms with Crippen LogP contribution in [-0.2, 0) is 14.3 Å². The van der Waals surface area contributed by atoms with Crippen LogP contribution in [0.1, 0.15) is 213 Å². The van der Waals surface area contributed by atoms with Gasteiger partial charge in [-0.25, -0.2) is 0 Å². The number of carboxylic acid groups (broad SMARTS) is 1. The zero-order chi connectivity index (χ0) is 33.6. The summed E-state index contributed by atoms with van der Waals surface area (Å²) < 4.78 is 5.84. The molecule has 0 heterocycles. The number of rotatable bonds is 36. The van der Waals surface area contributed by atoms with E-state index in [9.17, 15) is 9.59 Å². The highest BCUT2D eigenvalue weighted by Crippen LogP contribution is 2.16. The Bertz CT molecular complexity index is 738. The molecular weight excluding hydrogens is 568 g/mol. The standard InChI is InChI=1S/C42H76O4/c1-3-5-7-9-11-13-14-15-16-17-18-19-20-21-22-23-24-25-27-29-35-39-42(45)46-40(37-33-30-31-34-38-41(43)44)36-32-28-26-12-10-8-6-4-2/h6,8,12,26,32,36,40H,3-5,7,9-11,13-25,27-31,33-35,37-39H2,1-2H3,(H,43,44)/b8-6-,26-12-,36-32-. The number of aliphatic carboxylic acids is 1. The molecule has 0 amide bonds. The summed E-state index contributed by atoms with van der Waals surface area (Å²) in [5.74, 6) is -0.813. The maximum absolute atomic E-state index is 12.6. The van der Waals surface area contributed by atoms with Crippen LogP contribution in [0.15, 0.2) is 36.5 Å². The molecule has 4 heteroatoms. The summed E-state index contributed by atoms with van der Waals surface area (Å²) in [5.41, 5.74) is 0. The summed E-state index contributed by atoms with van der Waals surface area (Å²) in [6.07, 6.45) is 49.1. The van der Waals surface area contributed by atoms with Crippen LogP contribution in [0.4, 0.5) is 0 Å². The van der Waals surface area contributed by atoms with Gasteiger partial charge >= 0.3 is 11.9 Å². The van der Waals surface area contributed by atoms with Gasteiger partial charge in [-0.1, -0.05) is 185 Å². The van der Waals surface area contributed by atoms with E-state index in [1.54, 1.807) is 0 Å². The normalized spacial score (nSPS) is 12.6. The van der Waals surface area contributed by atoms with Gasteiger partial charge in [-0.3, -0.25) is 9.59 Å². The van der Waals surface area contributed by atoms with E-state index < -0.39 is 5.97 Å². The number of unbranched alkanes of at least 4 members (excludes halogenated alkanes) is 23. The summed E-state index contributed by atoms with van der Waals surface area (Å²) in [5, 5.41) is 8.82. The molecule has 0 aliphatic carbocycles. The second-order valence-electron chi connectivity index (χ2n) is 13.4. The Balaban J connectivity index is 3.84. The number of carboxylic acids is 1. The lowest BCUT2D eigenvalue weighted by Gasteiger charge is -2.14. The molecular formula is C42H76O4. The number of carbonyl (C=O) groups excluding carboxylic acids is 1. The SMILES string of the molecule is CC/C=C\C/C=C\C/C=C\C(CCCCCCC(=O)O)OC(=O)CCCCCCCCCCCCCCCCCCCCCCC. The molecule has 0 aliphatic heterocycles. The number of carbonyl (C=O) groups is 2. The number of esters is 1. The lowest BCUT2D eigenvalue weighted by atomic mass is 10.0. The number of ether oxygens (including phenoxy) is 1. The van der Waals surface area contributed by atoms with Crippen molar-refractivity contribution >= 4 is 11.9 Å². The minimum Gasteiger partial charge on any atom is -0.481 e. The maximum atomic E-state index is 12.6. The van der Waals surface area contributed by atoms with E-state index in [1.165, 1.54) is 122 Å². The lowest BCUT2D eigenvalue weighted by Crippen LogP contribution is -2.16. The van der Waals surface area contributed by atoms with Gasteiger partial charge in [-0.2, -0.15) is 0 Å². The molecule has 268 valence electrons. The number of allylic oxidation sites excluding steroid dienone is 5. The smallest absolute Gasteiger partial charge is 0.306 e. The van der Waals surface area contributed by atoms with Crippen molar-refractivity contribution in [2.24, 2.45) is 0 Å². The monoisotopic (exact) mass is 645 g/mol. The van der Waals surface area contributed by atoms with Crippen molar-refractivity contribution < 1.29 is 19.4 Å². The van der Waals surface area contributed by atoms with E-state index >= 15 is 0 Å². The quantitative estimate of drug-likeness (QED) is 0.0419. The fourth-order valence-corrected chi connectivity index (χ4v) is 5.94. The molecule has 0 saturated carbocycles. The first-order chi connectivity index (χ1) is 22.6. The minimum absolute atomic E-state index is 0.0847. The van der Waals surface area contributed by atoms with Gasteiger partial charge in [0.1, 0.15) is 6.10 Å². The molecule has 0 fully saturated rings. The zero-order valence-corrected chi connectivity index (χ0v) is 30.6. The van der Waals surface area contributed by atoms with E-state index in [1.807, 2.05) is 6.08 Å². The predicted molar refractivity (Wildman–Crippen MR) is 199 cm³/mol. The van der Waals surface area contributed by atoms with Crippen molar-refractivity contribution in [3.63, 3.8) is 0 Å². The highest BCUT2D eigenvalue weighted by atomic mass is 16.5. The van der Waals surface area contributed by atoms with Crippen LogP contribution >= 0.6 is 0 Å². The third-order valence-corrected chi connectivity index (χ3v) is 8.86. The summed E-state index contributed by atoms with van der Waals surface area (Å²) in [7, 11) is 0. The summed E-state index contributed by atoms with van der Waals surface area (Å²) in [6.45, 7) is 4.43. The van der Waals surface area contributed by atoms with Crippen molar-refractivity contribution in [2.75, 3.05) is 0 Å². The van der Waals surface area contributed by atoms with Crippen molar-refractivity contribution in [1.82, 2.24) is 0 Å². The molecule has 0 bridgehead atoms. The molecule has 0 rings (SSSR count). The van der Waals surface area contributed by atoms with Gasteiger partial charge < -0.3 is 9.84 Å². The van der Waals surface area contributed by atoms with Crippen molar-refractivity contribution in [3.8, 4) is 0 Å². The third-order valence-electron chi connectivity index (χ3n) is 8.86. The van der Waals surface area contributed by atoms with E-state index in [-0.39, 0.29) is 18.5 Å². The van der Waals surface area contributed by atoms with Crippen LogP contribution in [0.5, 0.6) is 0 Å². The predicted octanol–water partition coefficient (Wildman–Crippen LogP) is 13.8. The Labute approximate surface area is 286 Å². The molecule has 0 aliphatic rings. The molecule has 1 N–H and O–H groups in total. The summed E-state index contributed by atoms with van der Waals surface area (Å²) in [6, 6.07) is 0. The van der Waals surface area contributed by atoms with E-state index in [0.29, 0.717) is 12.8 Å². The first-order valence-corrected chi connectivity index (χ1v) is 20.0. The topological polar surface area (TPSA) is 63.6 Å². The minimum atomic E-state index is -0.729. The molecule has 46 heavy (non-hydrogen) atoms. The Morgan fingerprint density at radius 2 is 0.891 bits per heavy atom. The lowest BCUT2D eigenvalue weighted by molar-refractivity contribution is -0.147. The van der Waals surface area contributed by atoms with Gasteiger partial charge in [-0.15, -0.1) is 0 Å². The molecule has 0 saturated heterocycles. The van der Waals surface area contributed by atoms with Gasteiger partial charge in [0.25, 0.3) is 0 Å². The molecule has 4 nitrogen and oxygen atoms in total. The Hall–Kier alpha value is -1.84. The maximum Gasteiger partial charge on any atom is 0.306 e. The number of hydrogen-bond donors (Lipinski definition) is 1. The average molecular weight is 645 g/mol. The van der Waals surface area contributed by atoms with Gasteiger partial charge in [0.15, 0.2) is 0 Å². The first-order valence-electron chi connectivity index (χ1n) is 20.0. The van der Waals surface area contributed by atoms with Crippen molar-refractivity contribution in [1.29, 1.82) is 0 Å². The van der Waals surface area contributed by atoms with Gasteiger partial charge in [0, 0.05) is 12.8 Å². The van der Waals surface area contributed by atoms with Gasteiger partial charge in [0.05, 0.1) is 0 Å². The second-order valence-corrected chi connectivity index (χ2v) is 13.4. The Morgan fingerprint density at radius 1 is 0.500 bits per heavy atom. The van der Waals surface area contributed by atoms with Crippen molar-refractivity contribution in [3.05, 3.63) is 36.5 Å². The van der Waals surface area contributed by atoms with E-state index in [4.69, 9.17) is 9.84 Å². The highest BCUT2D eigenvalue weighted by molar-refractivity contribution is 5.69. The molecule has 0 spiro atoms. The fourth-order valence-electron chi connectivity index (χ4n) is 5.94. The summed E-state index contributed by atoms with van der Waals surface area (Å²) >= 11 is 0. The number of hydrogen-bond acceptors (Lipinski definition) is 3. The molecule has 1 atom stereocenters. The molecule has 0 aromatic carbocycles. The van der Waals surface area contributed by atoms with E-state index in [2.05, 4.69) is 44.2 Å². The van der Waals surface area contributed by atoms with Crippen LogP contribution < -0.4 is 0 Å². The largest absolute Gasteiger partial charge is 0.481 e. The van der Waals surface area contributed by atoms with Crippen LogP contribution in [-0.4, -0.2) is 23.1 Å². The zero-order valence-electron chi connectivity index (χ0n) is 30.6. The van der Waals surface area contributed by atoms with Crippen LogP contribution in [0, 0.1) is 0 Å². The molecule has 1 unspecified atom stereocenters. The van der Waals surface area contributed by atoms with Crippen LogP contribution in [0.2, 0.25) is 0 Å². The third kappa shape index (κ3) is 36.6. The summed E-state index contributed by atoms with van der Waals surface area (Å²) in [4.78, 5) is 23.3. The Morgan fingerprint density at radius 3 is 1.35 bits per heavy atom. The van der Waals surface area contributed by atoms with Crippen LogP contribution in [0.3, 0.4) is 0 Å². The van der Waals surface area contributed by atoms with Gasteiger partial charge in [-0.05, 0) is 51.0 Å². The fraction of sp³-hybridized carbons (Fsp3) is 0.810. The van der Waals surface area contributed by atoms with Crippen LogP contribution in [0.25, 0.3) is 0 Å². The van der Waals surface area contributed by atoms with Crippen molar-refractivity contribution in [2.45, 2.75) is 219 Å². The Kier molecular flexibility index (Phi) is 36.1. The first kappa shape index (κ1) is 44.2. The average Bonchev–Trinajstić information content (AvgIpc) is 3.04.